The molecule has 3 aromatic rings. The Morgan fingerprint density at radius 3 is 0.851 bits per heavy atom. The molecule has 3 aromatic carbocycles. The summed E-state index contributed by atoms with van der Waals surface area (Å²) in [4.78, 5) is 0. The molecule has 4 atom stereocenters. The van der Waals surface area contributed by atoms with Gasteiger partial charge in [0.1, 0.15) is 17.2 Å². The first-order chi connectivity index (χ1) is 22.7. The van der Waals surface area contributed by atoms with Crippen molar-refractivity contribution in [1.82, 2.24) is 0 Å². The molecule has 0 bridgehead atoms. The van der Waals surface area contributed by atoms with Gasteiger partial charge < -0.3 is 38.6 Å². The number of hydrogen-bond donors (Lipinski definition) is 2. The molecule has 238 valence electrons. The Hall–Kier alpha value is -5.34. The molecule has 0 saturated carbocycles. The maximum atomic E-state index is 11.0. The van der Waals surface area contributed by atoms with Gasteiger partial charge in [0.05, 0.1) is 21.3 Å². The third kappa shape index (κ3) is 7.73. The van der Waals surface area contributed by atoms with Crippen LogP contribution in [-0.2, 0) is 31.0 Å². The average molecular weight is 631 g/mol. The van der Waals surface area contributed by atoms with Crippen molar-refractivity contribution in [3.05, 3.63) is 89.5 Å². The molecule has 0 radical (unpaired) electrons. The maximum absolute atomic E-state index is 11.0. The molecular formula is C39H34O8. The van der Waals surface area contributed by atoms with Crippen molar-refractivity contribution in [3.8, 4) is 76.5 Å². The van der Waals surface area contributed by atoms with Crippen LogP contribution >= 0.6 is 0 Å². The number of aliphatic hydroxyl groups excluding tert-OH is 2. The molecule has 1 aliphatic rings. The van der Waals surface area contributed by atoms with Crippen LogP contribution < -0.4 is 14.2 Å². The van der Waals surface area contributed by atoms with Crippen LogP contribution in [0.2, 0.25) is 0 Å². The molecule has 4 unspecified atom stereocenters. The molecule has 2 N–H and O–H groups in total. The normalized spacial score (nSPS) is 24.7. The molecule has 8 nitrogen and oxygen atoms in total. The van der Waals surface area contributed by atoms with E-state index in [1.807, 2.05) is 0 Å². The van der Waals surface area contributed by atoms with Gasteiger partial charge in [-0.05, 0) is 71.9 Å². The molecular weight excluding hydrogens is 596 g/mol. The summed E-state index contributed by atoms with van der Waals surface area (Å²) >= 11 is 0. The standard InChI is InChI=1S/C39H34O8/c1-42-34-13-7-29(8-14-34)37(45-4)23-19-32(40)21-25-38(46-5,30-9-15-35(43-2)16-10-30)27-28-39(47-6,26-22-33(41)20-24-37)31-11-17-36(44-3)18-12-31/h7-18,32-33,40-41H,1-6H3. The van der Waals surface area contributed by atoms with Crippen LogP contribution in [-0.4, -0.2) is 65.1 Å². The molecule has 0 heterocycles. The Morgan fingerprint density at radius 2 is 0.638 bits per heavy atom. The Morgan fingerprint density at radius 1 is 0.404 bits per heavy atom. The monoisotopic (exact) mass is 630 g/mol. The quantitative estimate of drug-likeness (QED) is 0.348. The van der Waals surface area contributed by atoms with E-state index < -0.39 is 29.0 Å². The van der Waals surface area contributed by atoms with Crippen LogP contribution in [0, 0.1) is 59.2 Å². The zero-order valence-electron chi connectivity index (χ0n) is 26.9. The number of benzene rings is 3. The summed E-state index contributed by atoms with van der Waals surface area (Å²) in [6, 6.07) is 20.9. The lowest BCUT2D eigenvalue weighted by atomic mass is 9.89. The predicted molar refractivity (Wildman–Crippen MR) is 176 cm³/mol. The van der Waals surface area contributed by atoms with Crippen LogP contribution in [0.4, 0.5) is 0 Å². The Balaban J connectivity index is 2.03. The van der Waals surface area contributed by atoms with Gasteiger partial charge in [-0.3, -0.25) is 0 Å². The molecule has 0 aliphatic heterocycles. The van der Waals surface area contributed by atoms with Crippen LogP contribution in [0.5, 0.6) is 17.2 Å². The van der Waals surface area contributed by atoms with E-state index >= 15 is 0 Å². The van der Waals surface area contributed by atoms with E-state index in [9.17, 15) is 10.2 Å². The summed E-state index contributed by atoms with van der Waals surface area (Å²) in [6.45, 7) is 0. The van der Waals surface area contributed by atoms with Gasteiger partial charge in [0.25, 0.3) is 0 Å². The van der Waals surface area contributed by atoms with E-state index in [2.05, 4.69) is 59.2 Å². The van der Waals surface area contributed by atoms with Crippen molar-refractivity contribution in [2.75, 3.05) is 42.7 Å². The topological polar surface area (TPSA) is 95.8 Å². The number of aliphatic hydroxyl groups is 2. The number of ether oxygens (including phenoxy) is 6. The molecule has 0 spiro atoms. The van der Waals surface area contributed by atoms with Crippen LogP contribution in [0.1, 0.15) is 16.7 Å². The van der Waals surface area contributed by atoms with Crippen molar-refractivity contribution in [3.63, 3.8) is 0 Å². The average Bonchev–Trinajstić information content (AvgIpc) is 3.13. The fraction of sp³-hybridized carbons (Fsp3) is 0.282. The lowest BCUT2D eigenvalue weighted by Crippen LogP contribution is -2.29. The summed E-state index contributed by atoms with van der Waals surface area (Å²) in [5.41, 5.74) is -3.12. The zero-order chi connectivity index (χ0) is 33.9. The maximum Gasteiger partial charge on any atom is 0.216 e. The van der Waals surface area contributed by atoms with Gasteiger partial charge in [-0.15, -0.1) is 0 Å². The summed E-state index contributed by atoms with van der Waals surface area (Å²) in [5.74, 6) is 30.9. The second-order valence-electron chi connectivity index (χ2n) is 9.97. The fourth-order valence-corrected chi connectivity index (χ4v) is 4.59. The third-order valence-corrected chi connectivity index (χ3v) is 7.36. The van der Waals surface area contributed by atoms with Crippen molar-refractivity contribution in [2.45, 2.75) is 29.0 Å². The zero-order valence-corrected chi connectivity index (χ0v) is 26.9. The van der Waals surface area contributed by atoms with Crippen LogP contribution in [0.3, 0.4) is 0 Å². The third-order valence-electron chi connectivity index (χ3n) is 7.36. The number of methoxy groups -OCH3 is 6. The molecule has 47 heavy (non-hydrogen) atoms. The van der Waals surface area contributed by atoms with E-state index in [1.165, 1.54) is 21.3 Å². The van der Waals surface area contributed by atoms with E-state index in [1.54, 1.807) is 94.1 Å². The van der Waals surface area contributed by atoms with E-state index in [0.717, 1.165) is 0 Å². The van der Waals surface area contributed by atoms with Crippen LogP contribution in [0.25, 0.3) is 0 Å². The molecule has 8 heteroatoms. The minimum atomic E-state index is -1.59. The minimum absolute atomic E-state index is 0.530. The summed E-state index contributed by atoms with van der Waals surface area (Å²) in [5, 5.41) is 22.0. The summed E-state index contributed by atoms with van der Waals surface area (Å²) in [7, 11) is 8.99. The Bertz CT molecular complexity index is 1750. The van der Waals surface area contributed by atoms with Gasteiger partial charge in [-0.1, -0.05) is 60.1 Å². The fourth-order valence-electron chi connectivity index (χ4n) is 4.59. The smallest absolute Gasteiger partial charge is 0.216 e. The van der Waals surface area contributed by atoms with Crippen molar-refractivity contribution >= 4 is 0 Å². The molecule has 1 aliphatic carbocycles. The predicted octanol–water partition coefficient (Wildman–Crippen LogP) is 3.39. The van der Waals surface area contributed by atoms with Gasteiger partial charge in [-0.2, -0.15) is 0 Å². The SMILES string of the molecule is COc1ccc(C2(OC)C#CC(O)C#CC(OC)(c3ccc(OC)cc3)C#CC(OC)(c3ccc(OC)cc3)C#CC(O)C#C2)cc1. The van der Waals surface area contributed by atoms with E-state index in [-0.39, 0.29) is 0 Å². The van der Waals surface area contributed by atoms with Crippen LogP contribution in [0.15, 0.2) is 72.8 Å². The first-order valence-electron chi connectivity index (χ1n) is 14.3. The second-order valence-corrected chi connectivity index (χ2v) is 9.97. The molecule has 4 rings (SSSR count). The highest BCUT2D eigenvalue weighted by atomic mass is 16.5. The first kappa shape index (κ1) is 34.5. The largest absolute Gasteiger partial charge is 0.497 e. The van der Waals surface area contributed by atoms with Gasteiger partial charge in [-0.25, -0.2) is 0 Å². The molecule has 0 saturated heterocycles. The molecule has 0 amide bonds. The Kier molecular flexibility index (Phi) is 11.2. The lowest BCUT2D eigenvalue weighted by Gasteiger charge is -2.25. The highest BCUT2D eigenvalue weighted by Gasteiger charge is 2.34. The van der Waals surface area contributed by atoms with Gasteiger partial charge in [0.15, 0.2) is 12.2 Å². The molecule has 0 aromatic heterocycles. The lowest BCUT2D eigenvalue weighted by molar-refractivity contribution is 0.0797. The summed E-state index contributed by atoms with van der Waals surface area (Å²) < 4.78 is 33.7. The van der Waals surface area contributed by atoms with Gasteiger partial charge in [0.2, 0.25) is 16.8 Å². The second kappa shape index (κ2) is 15.3. The van der Waals surface area contributed by atoms with Crippen molar-refractivity contribution in [2.24, 2.45) is 0 Å². The van der Waals surface area contributed by atoms with Gasteiger partial charge in [0, 0.05) is 38.0 Å². The van der Waals surface area contributed by atoms with Gasteiger partial charge >= 0.3 is 0 Å². The summed E-state index contributed by atoms with van der Waals surface area (Å²) in [6.07, 6.45) is -2.95. The Labute approximate surface area is 275 Å². The van der Waals surface area contributed by atoms with E-state index in [0.29, 0.717) is 33.9 Å². The number of hydrogen-bond acceptors (Lipinski definition) is 8. The number of rotatable bonds is 9. The molecule has 0 fully saturated rings. The highest BCUT2D eigenvalue weighted by molar-refractivity contribution is 5.52. The van der Waals surface area contributed by atoms with Crippen molar-refractivity contribution < 1.29 is 38.6 Å². The van der Waals surface area contributed by atoms with Crippen molar-refractivity contribution in [1.29, 1.82) is 0 Å². The highest BCUT2D eigenvalue weighted by Crippen LogP contribution is 2.31. The first-order valence-corrected chi connectivity index (χ1v) is 14.3. The van der Waals surface area contributed by atoms with E-state index in [4.69, 9.17) is 28.4 Å². The minimum Gasteiger partial charge on any atom is -0.497 e.